The zero-order valence-corrected chi connectivity index (χ0v) is 12.7. The van der Waals surface area contributed by atoms with Crippen molar-refractivity contribution >= 4 is 17.9 Å². The summed E-state index contributed by atoms with van der Waals surface area (Å²) in [7, 11) is 0. The molecule has 0 aromatic heterocycles. The van der Waals surface area contributed by atoms with Gasteiger partial charge in [0.25, 0.3) is 0 Å². The number of urea groups is 1. The van der Waals surface area contributed by atoms with Crippen LogP contribution in [0.2, 0.25) is 0 Å². The Morgan fingerprint density at radius 1 is 1.40 bits per heavy atom. The minimum atomic E-state index is -1.08. The first-order valence-corrected chi connectivity index (χ1v) is 6.57. The van der Waals surface area contributed by atoms with E-state index in [1.54, 1.807) is 34.6 Å². The first kappa shape index (κ1) is 16.3. The average molecular weight is 285 g/mol. The number of nitrogens with one attached hydrogen (secondary N) is 1. The van der Waals surface area contributed by atoms with E-state index in [1.165, 1.54) is 9.80 Å². The summed E-state index contributed by atoms with van der Waals surface area (Å²) in [5, 5.41) is 11.7. The summed E-state index contributed by atoms with van der Waals surface area (Å²) in [5.74, 6) is -1.31. The SMILES string of the molecule is CC(C)(C)N(CC(=O)O)C(=O)N1CCNC(=O)C1(C)C. The molecule has 0 saturated carbocycles. The van der Waals surface area contributed by atoms with Crippen molar-refractivity contribution in [3.8, 4) is 0 Å². The molecule has 20 heavy (non-hydrogen) atoms. The van der Waals surface area contributed by atoms with Gasteiger partial charge in [0.15, 0.2) is 0 Å². The molecule has 1 heterocycles. The average Bonchev–Trinajstić information content (AvgIpc) is 2.27. The molecule has 1 saturated heterocycles. The van der Waals surface area contributed by atoms with E-state index in [1.807, 2.05) is 0 Å². The predicted molar refractivity (Wildman–Crippen MR) is 73.3 cm³/mol. The van der Waals surface area contributed by atoms with Crippen molar-refractivity contribution in [1.29, 1.82) is 0 Å². The number of hydrogen-bond acceptors (Lipinski definition) is 3. The third-order valence-corrected chi connectivity index (χ3v) is 3.42. The van der Waals surface area contributed by atoms with Crippen LogP contribution in [-0.4, -0.2) is 63.5 Å². The highest BCUT2D eigenvalue weighted by molar-refractivity contribution is 5.92. The molecule has 0 aromatic rings. The monoisotopic (exact) mass is 285 g/mol. The van der Waals surface area contributed by atoms with Crippen LogP contribution >= 0.6 is 0 Å². The highest BCUT2D eigenvalue weighted by atomic mass is 16.4. The van der Waals surface area contributed by atoms with E-state index >= 15 is 0 Å². The second kappa shape index (κ2) is 5.30. The highest BCUT2D eigenvalue weighted by Crippen LogP contribution is 2.23. The van der Waals surface area contributed by atoms with Gasteiger partial charge in [-0.05, 0) is 34.6 Å². The molecule has 0 unspecified atom stereocenters. The van der Waals surface area contributed by atoms with E-state index < -0.39 is 29.6 Å². The lowest BCUT2D eigenvalue weighted by atomic mass is 9.98. The number of carboxylic acids is 1. The fourth-order valence-electron chi connectivity index (χ4n) is 2.11. The van der Waals surface area contributed by atoms with Crippen LogP contribution in [0.25, 0.3) is 0 Å². The second-order valence-electron chi connectivity index (χ2n) is 6.40. The van der Waals surface area contributed by atoms with Crippen molar-refractivity contribution < 1.29 is 19.5 Å². The molecule has 2 N–H and O–H groups in total. The third kappa shape index (κ3) is 3.20. The summed E-state index contributed by atoms with van der Waals surface area (Å²) in [4.78, 5) is 38.2. The maximum atomic E-state index is 12.7. The number of aliphatic carboxylic acids is 1. The lowest BCUT2D eigenvalue weighted by Crippen LogP contribution is -2.67. The van der Waals surface area contributed by atoms with Crippen molar-refractivity contribution in [2.75, 3.05) is 19.6 Å². The van der Waals surface area contributed by atoms with Gasteiger partial charge >= 0.3 is 12.0 Å². The van der Waals surface area contributed by atoms with Gasteiger partial charge in [0.05, 0.1) is 0 Å². The van der Waals surface area contributed by atoms with Gasteiger partial charge in [-0.3, -0.25) is 9.59 Å². The Hall–Kier alpha value is -1.79. The summed E-state index contributed by atoms with van der Waals surface area (Å²) in [6, 6.07) is -0.431. The Kier molecular flexibility index (Phi) is 4.31. The number of hydrogen-bond donors (Lipinski definition) is 2. The third-order valence-electron chi connectivity index (χ3n) is 3.42. The number of carbonyl (C=O) groups excluding carboxylic acids is 2. The number of amides is 3. The molecule has 0 spiro atoms. The first-order valence-electron chi connectivity index (χ1n) is 6.57. The van der Waals surface area contributed by atoms with Gasteiger partial charge in [0.2, 0.25) is 5.91 Å². The largest absolute Gasteiger partial charge is 0.480 e. The van der Waals surface area contributed by atoms with Crippen molar-refractivity contribution in [3.63, 3.8) is 0 Å². The van der Waals surface area contributed by atoms with Gasteiger partial charge in [-0.25, -0.2) is 4.79 Å². The molecule has 3 amide bonds. The quantitative estimate of drug-likeness (QED) is 0.773. The van der Waals surface area contributed by atoms with E-state index in [2.05, 4.69) is 5.32 Å². The lowest BCUT2D eigenvalue weighted by Gasteiger charge is -2.46. The highest BCUT2D eigenvalue weighted by Gasteiger charge is 2.44. The van der Waals surface area contributed by atoms with E-state index in [9.17, 15) is 14.4 Å². The van der Waals surface area contributed by atoms with Crippen LogP contribution in [0.1, 0.15) is 34.6 Å². The summed E-state index contributed by atoms with van der Waals surface area (Å²) < 4.78 is 0. The van der Waals surface area contributed by atoms with Crippen LogP contribution in [0.5, 0.6) is 0 Å². The van der Waals surface area contributed by atoms with Gasteiger partial charge in [-0.2, -0.15) is 0 Å². The molecule has 0 atom stereocenters. The standard InChI is InChI=1S/C13H23N3O4/c1-12(2,3)16(8-9(17)18)11(20)15-7-6-14-10(19)13(15,4)5/h6-8H2,1-5H3,(H,14,19)(H,17,18). The van der Waals surface area contributed by atoms with Crippen LogP contribution in [0.3, 0.4) is 0 Å². The molecule has 0 aromatic carbocycles. The fraction of sp³-hybridized carbons (Fsp3) is 0.769. The zero-order valence-electron chi connectivity index (χ0n) is 12.7. The van der Waals surface area contributed by atoms with Gasteiger partial charge in [0, 0.05) is 18.6 Å². The van der Waals surface area contributed by atoms with Crippen molar-refractivity contribution in [1.82, 2.24) is 15.1 Å². The number of rotatable bonds is 2. The van der Waals surface area contributed by atoms with Gasteiger partial charge in [-0.1, -0.05) is 0 Å². The fourth-order valence-corrected chi connectivity index (χ4v) is 2.11. The molecule has 114 valence electrons. The molecular formula is C13H23N3O4. The maximum absolute atomic E-state index is 12.7. The molecule has 0 radical (unpaired) electrons. The van der Waals surface area contributed by atoms with Crippen molar-refractivity contribution in [2.45, 2.75) is 45.7 Å². The molecule has 1 aliphatic heterocycles. The minimum Gasteiger partial charge on any atom is -0.480 e. The smallest absolute Gasteiger partial charge is 0.323 e. The Morgan fingerprint density at radius 2 is 1.95 bits per heavy atom. The number of carbonyl (C=O) groups is 3. The Morgan fingerprint density at radius 3 is 2.40 bits per heavy atom. The van der Waals surface area contributed by atoms with Gasteiger partial charge in [-0.15, -0.1) is 0 Å². The van der Waals surface area contributed by atoms with E-state index in [4.69, 9.17) is 5.11 Å². The van der Waals surface area contributed by atoms with Crippen LogP contribution in [-0.2, 0) is 9.59 Å². The van der Waals surface area contributed by atoms with Crippen molar-refractivity contribution in [3.05, 3.63) is 0 Å². The van der Waals surface area contributed by atoms with Crippen LogP contribution in [0, 0.1) is 0 Å². The predicted octanol–water partition coefficient (Wildman–Crippen LogP) is 0.502. The topological polar surface area (TPSA) is 90.0 Å². The molecule has 1 rings (SSSR count). The Balaban J connectivity index is 3.05. The molecule has 7 heteroatoms. The Labute approximate surface area is 118 Å². The lowest BCUT2D eigenvalue weighted by molar-refractivity contribution is -0.139. The van der Waals surface area contributed by atoms with E-state index in [-0.39, 0.29) is 5.91 Å². The maximum Gasteiger partial charge on any atom is 0.323 e. The number of nitrogens with zero attached hydrogens (tertiary/aromatic N) is 2. The van der Waals surface area contributed by atoms with E-state index in [0.29, 0.717) is 13.1 Å². The molecule has 7 nitrogen and oxygen atoms in total. The van der Waals surface area contributed by atoms with Crippen molar-refractivity contribution in [2.24, 2.45) is 0 Å². The summed E-state index contributed by atoms with van der Waals surface area (Å²) in [6.07, 6.45) is 0. The van der Waals surface area contributed by atoms with Gasteiger partial charge in [0.1, 0.15) is 12.1 Å². The summed E-state index contributed by atoms with van der Waals surface area (Å²) in [5.41, 5.74) is -1.63. The van der Waals surface area contributed by atoms with Gasteiger partial charge < -0.3 is 20.2 Å². The summed E-state index contributed by atoms with van der Waals surface area (Å²) in [6.45, 7) is 8.96. The number of piperazine rings is 1. The normalized spacial score (nSPS) is 18.4. The van der Waals surface area contributed by atoms with Crippen LogP contribution < -0.4 is 5.32 Å². The molecule has 0 bridgehead atoms. The number of carboxylic acid groups (broad SMARTS) is 1. The molecular weight excluding hydrogens is 262 g/mol. The van der Waals surface area contributed by atoms with E-state index in [0.717, 1.165) is 0 Å². The zero-order chi connectivity index (χ0) is 15.7. The van der Waals surface area contributed by atoms with Crippen LogP contribution in [0.4, 0.5) is 4.79 Å². The molecule has 1 fully saturated rings. The Bertz CT molecular complexity index is 422. The molecule has 1 aliphatic rings. The summed E-state index contributed by atoms with van der Waals surface area (Å²) >= 11 is 0. The molecule has 0 aliphatic carbocycles. The minimum absolute atomic E-state index is 0.235. The van der Waals surface area contributed by atoms with Crippen LogP contribution in [0.15, 0.2) is 0 Å². The second-order valence-corrected chi connectivity index (χ2v) is 6.40. The first-order chi connectivity index (χ1) is 8.98.